The minimum Gasteiger partial charge on any atom is -0.323 e. The molecule has 0 aliphatic rings. The van der Waals surface area contributed by atoms with Crippen molar-refractivity contribution in [3.63, 3.8) is 0 Å². The van der Waals surface area contributed by atoms with Gasteiger partial charge in [-0.1, -0.05) is 6.07 Å². The molecule has 0 saturated heterocycles. The minimum atomic E-state index is -3.74. The van der Waals surface area contributed by atoms with E-state index in [9.17, 15) is 8.42 Å². The van der Waals surface area contributed by atoms with Crippen LogP contribution in [0.3, 0.4) is 0 Å². The van der Waals surface area contributed by atoms with Gasteiger partial charge in [0, 0.05) is 19.4 Å². The third-order valence-corrected chi connectivity index (χ3v) is 4.96. The summed E-state index contributed by atoms with van der Waals surface area (Å²) < 4.78 is 26.7. The first-order chi connectivity index (χ1) is 9.86. The van der Waals surface area contributed by atoms with Crippen LogP contribution in [0.4, 0.5) is 11.4 Å². The molecule has 0 atom stereocenters. The number of anilines is 2. The van der Waals surface area contributed by atoms with E-state index in [1.54, 1.807) is 0 Å². The van der Waals surface area contributed by atoms with Crippen LogP contribution in [0.5, 0.6) is 0 Å². The van der Waals surface area contributed by atoms with Crippen molar-refractivity contribution in [1.82, 2.24) is 4.98 Å². The summed E-state index contributed by atoms with van der Waals surface area (Å²) in [5.41, 5.74) is 5.28. The Bertz CT molecular complexity index is 739. The number of aryl methyl sites for hydroxylation is 2. The zero-order valence-corrected chi connectivity index (χ0v) is 13.0. The van der Waals surface area contributed by atoms with Gasteiger partial charge in [0.05, 0.1) is 11.4 Å². The van der Waals surface area contributed by atoms with Gasteiger partial charge < -0.3 is 5.43 Å². The predicted octanol–water partition coefficient (Wildman–Crippen LogP) is 1.81. The Hall–Kier alpha value is -2.12. The third-order valence-electron chi connectivity index (χ3n) is 3.15. The molecule has 0 aliphatic heterocycles. The lowest BCUT2D eigenvalue weighted by Crippen LogP contribution is -2.28. The van der Waals surface area contributed by atoms with E-state index in [1.807, 2.05) is 32.0 Å². The molecule has 0 aliphatic carbocycles. The first kappa shape index (κ1) is 15.3. The van der Waals surface area contributed by atoms with Crippen molar-refractivity contribution in [3.8, 4) is 0 Å². The number of benzene rings is 1. The number of hydrogen-bond donors (Lipinski definition) is 2. The quantitative estimate of drug-likeness (QED) is 0.664. The van der Waals surface area contributed by atoms with Crippen LogP contribution in [-0.4, -0.2) is 20.4 Å². The van der Waals surface area contributed by atoms with Crippen molar-refractivity contribution in [2.24, 2.45) is 5.84 Å². The molecule has 0 radical (unpaired) electrons. The zero-order valence-electron chi connectivity index (χ0n) is 12.2. The molecule has 0 unspecified atom stereocenters. The summed E-state index contributed by atoms with van der Waals surface area (Å²) in [7, 11) is -2.23. The predicted molar refractivity (Wildman–Crippen MR) is 83.6 cm³/mol. The summed E-state index contributed by atoms with van der Waals surface area (Å²) in [6, 6.07) is 7.13. The fourth-order valence-electron chi connectivity index (χ4n) is 2.12. The Morgan fingerprint density at radius 1 is 1.19 bits per heavy atom. The van der Waals surface area contributed by atoms with Gasteiger partial charge in [-0.05, 0) is 43.2 Å². The van der Waals surface area contributed by atoms with Gasteiger partial charge in [-0.15, -0.1) is 0 Å². The molecule has 0 saturated carbocycles. The Labute approximate surface area is 124 Å². The van der Waals surface area contributed by atoms with Crippen LogP contribution in [0.2, 0.25) is 0 Å². The molecule has 1 heterocycles. The summed E-state index contributed by atoms with van der Waals surface area (Å²) in [5.74, 6) is 5.37. The van der Waals surface area contributed by atoms with Gasteiger partial charge in [0.2, 0.25) is 0 Å². The van der Waals surface area contributed by atoms with E-state index in [0.717, 1.165) is 11.1 Å². The molecule has 0 spiro atoms. The summed E-state index contributed by atoms with van der Waals surface area (Å²) in [4.78, 5) is 3.91. The van der Waals surface area contributed by atoms with Crippen LogP contribution in [0, 0.1) is 13.8 Å². The van der Waals surface area contributed by atoms with E-state index in [0.29, 0.717) is 11.4 Å². The highest BCUT2D eigenvalue weighted by Crippen LogP contribution is 2.27. The second-order valence-electron chi connectivity index (χ2n) is 4.83. The van der Waals surface area contributed by atoms with E-state index >= 15 is 0 Å². The molecule has 6 nitrogen and oxygen atoms in total. The SMILES string of the molecule is Cc1cc(C)cc(N(C)S(=O)(=O)c2cnccc2NN)c1. The van der Waals surface area contributed by atoms with Gasteiger partial charge in [-0.2, -0.15) is 0 Å². The lowest BCUT2D eigenvalue weighted by atomic mass is 10.1. The summed E-state index contributed by atoms with van der Waals surface area (Å²) in [6.07, 6.45) is 2.76. The number of pyridine rings is 1. The Morgan fingerprint density at radius 3 is 2.38 bits per heavy atom. The zero-order chi connectivity index (χ0) is 15.6. The average Bonchev–Trinajstić information content (AvgIpc) is 2.45. The fourth-order valence-corrected chi connectivity index (χ4v) is 3.40. The second kappa shape index (κ2) is 5.71. The maximum atomic E-state index is 12.7. The van der Waals surface area contributed by atoms with Crippen LogP contribution in [-0.2, 0) is 10.0 Å². The number of nitrogens with zero attached hydrogens (tertiary/aromatic N) is 2. The lowest BCUT2D eigenvalue weighted by Gasteiger charge is -2.21. The molecular formula is C14H18N4O2S. The van der Waals surface area contributed by atoms with E-state index in [4.69, 9.17) is 5.84 Å². The smallest absolute Gasteiger partial charge is 0.267 e. The van der Waals surface area contributed by atoms with Crippen molar-refractivity contribution in [1.29, 1.82) is 0 Å². The molecule has 1 aromatic carbocycles. The van der Waals surface area contributed by atoms with Gasteiger partial charge >= 0.3 is 0 Å². The fraction of sp³-hybridized carbons (Fsp3) is 0.214. The third kappa shape index (κ3) is 2.98. The van der Waals surface area contributed by atoms with Gasteiger partial charge in [-0.25, -0.2) is 8.42 Å². The number of nitrogen functional groups attached to an aromatic ring is 1. The molecule has 2 rings (SSSR count). The van der Waals surface area contributed by atoms with E-state index in [1.165, 1.54) is 29.8 Å². The second-order valence-corrected chi connectivity index (χ2v) is 6.77. The van der Waals surface area contributed by atoms with Gasteiger partial charge in [0.15, 0.2) is 0 Å². The lowest BCUT2D eigenvalue weighted by molar-refractivity contribution is 0.594. The van der Waals surface area contributed by atoms with Crippen molar-refractivity contribution < 1.29 is 8.42 Å². The number of nitrogens with two attached hydrogens (primary N) is 1. The Kier molecular flexibility index (Phi) is 4.15. The number of sulfonamides is 1. The number of hydrogen-bond acceptors (Lipinski definition) is 5. The Morgan fingerprint density at radius 2 is 1.81 bits per heavy atom. The molecule has 2 aromatic rings. The first-order valence-corrected chi connectivity index (χ1v) is 7.78. The number of hydrazine groups is 1. The van der Waals surface area contributed by atoms with Gasteiger partial charge in [0.1, 0.15) is 4.90 Å². The van der Waals surface area contributed by atoms with Crippen LogP contribution >= 0.6 is 0 Å². The monoisotopic (exact) mass is 306 g/mol. The van der Waals surface area contributed by atoms with Crippen LogP contribution in [0.25, 0.3) is 0 Å². The number of nitrogens with one attached hydrogen (secondary N) is 1. The average molecular weight is 306 g/mol. The molecular weight excluding hydrogens is 288 g/mol. The molecule has 0 amide bonds. The topological polar surface area (TPSA) is 88.3 Å². The molecule has 1 aromatic heterocycles. The summed E-state index contributed by atoms with van der Waals surface area (Å²) >= 11 is 0. The van der Waals surface area contributed by atoms with E-state index in [-0.39, 0.29) is 4.90 Å². The molecule has 21 heavy (non-hydrogen) atoms. The van der Waals surface area contributed by atoms with Gasteiger partial charge in [0.25, 0.3) is 10.0 Å². The summed E-state index contributed by atoms with van der Waals surface area (Å²) in [5, 5.41) is 0. The van der Waals surface area contributed by atoms with Crippen LogP contribution < -0.4 is 15.6 Å². The van der Waals surface area contributed by atoms with E-state index in [2.05, 4.69) is 10.4 Å². The molecule has 0 fully saturated rings. The van der Waals surface area contributed by atoms with Crippen LogP contribution in [0.15, 0.2) is 41.6 Å². The molecule has 112 valence electrons. The minimum absolute atomic E-state index is 0.0363. The highest BCUT2D eigenvalue weighted by molar-refractivity contribution is 7.93. The normalized spacial score (nSPS) is 11.2. The Balaban J connectivity index is 2.52. The van der Waals surface area contributed by atoms with Crippen LogP contribution in [0.1, 0.15) is 11.1 Å². The number of aromatic nitrogens is 1. The highest BCUT2D eigenvalue weighted by atomic mass is 32.2. The first-order valence-electron chi connectivity index (χ1n) is 6.34. The highest BCUT2D eigenvalue weighted by Gasteiger charge is 2.24. The summed E-state index contributed by atoms with van der Waals surface area (Å²) in [6.45, 7) is 3.85. The van der Waals surface area contributed by atoms with E-state index < -0.39 is 10.0 Å². The van der Waals surface area contributed by atoms with Gasteiger partial charge in [-0.3, -0.25) is 15.1 Å². The number of rotatable bonds is 4. The molecule has 3 N–H and O–H groups in total. The standard InChI is InChI=1S/C14H18N4O2S/c1-10-6-11(2)8-12(7-10)18(3)21(19,20)14-9-16-5-4-13(14)17-15/h4-9H,15H2,1-3H3,(H,16,17). The van der Waals surface area contributed by atoms with Crippen molar-refractivity contribution in [3.05, 3.63) is 47.8 Å². The molecule has 0 bridgehead atoms. The largest absolute Gasteiger partial charge is 0.323 e. The molecule has 7 heteroatoms. The maximum Gasteiger partial charge on any atom is 0.267 e. The van der Waals surface area contributed by atoms with Crippen molar-refractivity contribution in [2.45, 2.75) is 18.7 Å². The van der Waals surface area contributed by atoms with Crippen molar-refractivity contribution >= 4 is 21.4 Å². The maximum absolute atomic E-state index is 12.7. The van der Waals surface area contributed by atoms with Crippen molar-refractivity contribution in [2.75, 3.05) is 16.8 Å².